The SMILES string of the molecule is Cc1noc(C)c1-c1cc(C(=O)C2O[CH+]CO2)c2nc(C3CC3)n(C(=O)OC(C)(C)C)c2c1. The van der Waals surface area contributed by atoms with Gasteiger partial charge in [-0.3, -0.25) is 9.53 Å². The molecule has 2 fully saturated rings. The summed E-state index contributed by atoms with van der Waals surface area (Å²) < 4.78 is 23.3. The highest BCUT2D eigenvalue weighted by Gasteiger charge is 2.38. The van der Waals surface area contributed by atoms with Crippen LogP contribution >= 0.6 is 0 Å². The first-order valence-corrected chi connectivity index (χ1v) is 11.0. The molecular formula is C24H26N3O6+. The molecule has 33 heavy (non-hydrogen) atoms. The minimum Gasteiger partial charge on any atom is -0.443 e. The Hall–Kier alpha value is -3.17. The first-order chi connectivity index (χ1) is 15.6. The number of imidazole rings is 1. The molecular weight excluding hydrogens is 426 g/mol. The summed E-state index contributed by atoms with van der Waals surface area (Å²) >= 11 is 0. The fraction of sp³-hybridized carbons (Fsp3) is 0.458. The number of rotatable bonds is 4. The van der Waals surface area contributed by atoms with Gasteiger partial charge >= 0.3 is 6.09 Å². The van der Waals surface area contributed by atoms with Gasteiger partial charge in [-0.1, -0.05) is 5.16 Å². The molecule has 1 atom stereocenters. The van der Waals surface area contributed by atoms with Gasteiger partial charge in [0.15, 0.2) is 0 Å². The van der Waals surface area contributed by atoms with Crippen molar-refractivity contribution in [1.29, 1.82) is 0 Å². The molecule has 9 nitrogen and oxygen atoms in total. The normalized spacial score (nSPS) is 18.5. The van der Waals surface area contributed by atoms with Gasteiger partial charge in [-0.2, -0.15) is 4.74 Å². The molecule has 1 aliphatic heterocycles. The van der Waals surface area contributed by atoms with Crippen LogP contribution in [0.4, 0.5) is 4.79 Å². The second kappa shape index (κ2) is 7.71. The zero-order chi connectivity index (χ0) is 23.5. The van der Waals surface area contributed by atoms with Gasteiger partial charge in [-0.05, 0) is 65.2 Å². The maximum Gasteiger partial charge on any atom is 0.420 e. The molecule has 1 aromatic carbocycles. The lowest BCUT2D eigenvalue weighted by Gasteiger charge is -2.20. The maximum atomic E-state index is 13.4. The summed E-state index contributed by atoms with van der Waals surface area (Å²) in [7, 11) is 0. The van der Waals surface area contributed by atoms with E-state index >= 15 is 0 Å². The van der Waals surface area contributed by atoms with Crippen molar-refractivity contribution in [2.75, 3.05) is 6.61 Å². The highest BCUT2D eigenvalue weighted by atomic mass is 16.7. The number of Topliss-reactive ketones (excluding diaryl/α,β-unsaturated/α-hetero) is 1. The number of hydrogen-bond acceptors (Lipinski definition) is 8. The Bertz CT molecular complexity index is 1240. The summed E-state index contributed by atoms with van der Waals surface area (Å²) in [6.45, 7) is 10.8. The van der Waals surface area contributed by atoms with E-state index < -0.39 is 18.0 Å². The molecule has 2 aliphatic rings. The predicted molar refractivity (Wildman–Crippen MR) is 118 cm³/mol. The van der Waals surface area contributed by atoms with E-state index in [2.05, 4.69) is 5.16 Å². The third-order valence-electron chi connectivity index (χ3n) is 5.64. The lowest BCUT2D eigenvalue weighted by molar-refractivity contribution is -0.0147. The minimum absolute atomic E-state index is 0.141. The van der Waals surface area contributed by atoms with E-state index in [1.165, 1.54) is 11.2 Å². The third-order valence-corrected chi connectivity index (χ3v) is 5.64. The average molecular weight is 452 g/mol. The smallest absolute Gasteiger partial charge is 0.420 e. The summed E-state index contributed by atoms with van der Waals surface area (Å²) in [6, 6.07) is 3.58. The van der Waals surface area contributed by atoms with Crippen LogP contribution in [-0.2, 0) is 14.2 Å². The van der Waals surface area contributed by atoms with Crippen LogP contribution in [0, 0.1) is 20.5 Å². The number of ether oxygens (including phenoxy) is 3. The van der Waals surface area contributed by atoms with E-state index in [9.17, 15) is 9.59 Å². The number of aromatic nitrogens is 3. The van der Waals surface area contributed by atoms with Crippen LogP contribution in [0.15, 0.2) is 16.7 Å². The molecule has 9 heteroatoms. The third kappa shape index (κ3) is 3.91. The molecule has 0 bridgehead atoms. The Morgan fingerprint density at radius 1 is 1.21 bits per heavy atom. The second-order valence-electron chi connectivity index (χ2n) is 9.48. The van der Waals surface area contributed by atoms with Gasteiger partial charge in [0.1, 0.15) is 22.7 Å². The fourth-order valence-corrected chi connectivity index (χ4v) is 4.09. The molecule has 5 rings (SSSR count). The molecule has 1 saturated heterocycles. The molecule has 0 radical (unpaired) electrons. The predicted octanol–water partition coefficient (Wildman–Crippen LogP) is 4.69. The number of nitrogens with zero attached hydrogens (tertiary/aromatic N) is 3. The molecule has 1 aliphatic carbocycles. The quantitative estimate of drug-likeness (QED) is 0.415. The van der Waals surface area contributed by atoms with Gasteiger partial charge in [0.25, 0.3) is 12.9 Å². The van der Waals surface area contributed by atoms with E-state index in [1.54, 1.807) is 13.0 Å². The maximum absolute atomic E-state index is 13.4. The van der Waals surface area contributed by atoms with Crippen molar-refractivity contribution in [3.63, 3.8) is 0 Å². The number of hydrogen-bond donors (Lipinski definition) is 0. The largest absolute Gasteiger partial charge is 0.443 e. The van der Waals surface area contributed by atoms with Gasteiger partial charge in [-0.25, -0.2) is 14.3 Å². The van der Waals surface area contributed by atoms with E-state index in [-0.39, 0.29) is 18.3 Å². The zero-order valence-corrected chi connectivity index (χ0v) is 19.3. The molecule has 1 unspecified atom stereocenters. The number of benzene rings is 1. The van der Waals surface area contributed by atoms with Crippen LogP contribution in [0.2, 0.25) is 0 Å². The summed E-state index contributed by atoms with van der Waals surface area (Å²) in [6.07, 6.45) is 0.276. The second-order valence-corrected chi connectivity index (χ2v) is 9.48. The standard InChI is InChI=1S/C24H26N3O6/c1-12-18(13(2)33-26-12)15-10-16(20(28)22-30-8-9-31-22)19-17(11-15)27(21(25-19)14-6-7-14)23(29)32-24(3,4)5/h8,10-11,14,22H,6-7,9H2,1-5H3/q+1. The molecule has 0 spiro atoms. The van der Waals surface area contributed by atoms with Crippen LogP contribution in [0.25, 0.3) is 22.2 Å². The molecule has 172 valence electrons. The number of aryl methyl sites for hydroxylation is 2. The van der Waals surface area contributed by atoms with Crippen LogP contribution in [0.5, 0.6) is 0 Å². The fourth-order valence-electron chi connectivity index (χ4n) is 4.09. The number of carbonyl (C=O) groups is 2. The lowest BCUT2D eigenvalue weighted by Crippen LogP contribution is -2.28. The Morgan fingerprint density at radius 2 is 1.97 bits per heavy atom. The monoisotopic (exact) mass is 452 g/mol. The Kier molecular flexibility index (Phi) is 5.06. The van der Waals surface area contributed by atoms with E-state index in [1.807, 2.05) is 33.8 Å². The van der Waals surface area contributed by atoms with Crippen LogP contribution in [0.1, 0.15) is 67.2 Å². The van der Waals surface area contributed by atoms with Crippen molar-refractivity contribution >= 4 is 22.9 Å². The minimum atomic E-state index is -1.05. The molecule has 2 aromatic heterocycles. The van der Waals surface area contributed by atoms with E-state index in [4.69, 9.17) is 23.7 Å². The van der Waals surface area contributed by atoms with Crippen molar-refractivity contribution in [2.24, 2.45) is 0 Å². The molecule has 0 amide bonds. The Morgan fingerprint density at radius 3 is 2.55 bits per heavy atom. The molecule has 0 N–H and O–H groups in total. The summed E-state index contributed by atoms with van der Waals surface area (Å²) in [5, 5.41) is 4.05. The Labute approximate surface area is 191 Å². The summed E-state index contributed by atoms with van der Waals surface area (Å²) in [4.78, 5) is 31.4. The number of ketones is 1. The molecule has 3 heterocycles. The van der Waals surface area contributed by atoms with Crippen LogP contribution in [0.3, 0.4) is 0 Å². The van der Waals surface area contributed by atoms with Gasteiger partial charge < -0.3 is 9.26 Å². The topological polar surface area (TPSA) is 106 Å². The van der Waals surface area contributed by atoms with Gasteiger partial charge in [0.2, 0.25) is 12.4 Å². The van der Waals surface area contributed by atoms with Gasteiger partial charge in [-0.15, -0.1) is 0 Å². The van der Waals surface area contributed by atoms with Gasteiger partial charge in [0, 0.05) is 11.5 Å². The Balaban J connectivity index is 1.77. The summed E-state index contributed by atoms with van der Waals surface area (Å²) in [5.74, 6) is 0.989. The van der Waals surface area contributed by atoms with Gasteiger partial charge in [0.05, 0.1) is 16.8 Å². The summed E-state index contributed by atoms with van der Waals surface area (Å²) in [5.41, 5.74) is 2.67. The molecule has 1 saturated carbocycles. The van der Waals surface area contributed by atoms with Crippen molar-refractivity contribution in [2.45, 2.75) is 65.3 Å². The van der Waals surface area contributed by atoms with Crippen LogP contribution in [-0.4, -0.2) is 45.1 Å². The van der Waals surface area contributed by atoms with E-state index in [0.29, 0.717) is 39.4 Å². The van der Waals surface area contributed by atoms with Crippen molar-refractivity contribution in [3.05, 3.63) is 41.6 Å². The van der Waals surface area contributed by atoms with Crippen LogP contribution < -0.4 is 0 Å². The highest BCUT2D eigenvalue weighted by molar-refractivity contribution is 6.10. The average Bonchev–Trinajstić information content (AvgIpc) is 3.15. The zero-order valence-electron chi connectivity index (χ0n) is 19.3. The van der Waals surface area contributed by atoms with Crippen molar-refractivity contribution in [1.82, 2.24) is 14.7 Å². The van der Waals surface area contributed by atoms with Crippen molar-refractivity contribution in [3.8, 4) is 11.1 Å². The molecule has 3 aromatic rings. The van der Waals surface area contributed by atoms with Crippen molar-refractivity contribution < 1.29 is 28.3 Å². The first kappa shape index (κ1) is 21.7. The van der Waals surface area contributed by atoms with E-state index in [0.717, 1.165) is 18.4 Å². The highest BCUT2D eigenvalue weighted by Crippen LogP contribution is 2.42. The number of carbonyl (C=O) groups excluding carboxylic acids is 2. The lowest BCUT2D eigenvalue weighted by atomic mass is 9.98. The first-order valence-electron chi connectivity index (χ1n) is 11.0. The number of fused-ring (bicyclic) bond motifs is 1.